The van der Waals surface area contributed by atoms with Crippen molar-refractivity contribution in [2.24, 2.45) is 0 Å². The van der Waals surface area contributed by atoms with Crippen LogP contribution < -0.4 is 5.32 Å². The molecule has 0 heterocycles. The zero-order valence-corrected chi connectivity index (χ0v) is 51.0. The third-order valence-corrected chi connectivity index (χ3v) is 15.6. The van der Waals surface area contributed by atoms with Gasteiger partial charge < -0.3 is 20.3 Å². The monoisotopic (exact) mass is 1070 g/mol. The van der Waals surface area contributed by atoms with E-state index in [2.05, 4.69) is 67.8 Å². The lowest BCUT2D eigenvalue weighted by atomic mass is 10.0. The van der Waals surface area contributed by atoms with Crippen LogP contribution in [0.2, 0.25) is 0 Å². The van der Waals surface area contributed by atoms with E-state index >= 15 is 0 Å². The lowest BCUT2D eigenvalue weighted by Crippen LogP contribution is -2.45. The van der Waals surface area contributed by atoms with Crippen LogP contribution in [0, 0.1) is 0 Å². The van der Waals surface area contributed by atoms with Crippen molar-refractivity contribution in [3.63, 3.8) is 0 Å². The van der Waals surface area contributed by atoms with E-state index in [0.717, 1.165) is 57.8 Å². The van der Waals surface area contributed by atoms with Crippen molar-refractivity contribution in [3.8, 4) is 0 Å². The maximum absolute atomic E-state index is 12.5. The number of hydrogen-bond donors (Lipinski definition) is 3. The molecule has 0 aromatic rings. The lowest BCUT2D eigenvalue weighted by molar-refractivity contribution is -0.143. The molecule has 3 N–H and O–H groups in total. The van der Waals surface area contributed by atoms with Crippen LogP contribution >= 0.6 is 0 Å². The SMILES string of the molecule is CCC/C=C\C/C=C\CCCCCCCC(=O)OCCCCCCCCCCC/C=C\C/C=C\CCCCCCCCCCCCCCCC(=O)NC(CO)C(O)CCCCCCCCCCCCCCCCCCC. The van der Waals surface area contributed by atoms with Crippen molar-refractivity contribution >= 4 is 11.9 Å². The van der Waals surface area contributed by atoms with E-state index < -0.39 is 12.1 Å². The van der Waals surface area contributed by atoms with E-state index in [0.29, 0.717) is 25.9 Å². The number of hydrogen-bond acceptors (Lipinski definition) is 5. The summed E-state index contributed by atoms with van der Waals surface area (Å²) in [6.45, 7) is 4.90. The van der Waals surface area contributed by atoms with Crippen LogP contribution in [0.4, 0.5) is 0 Å². The molecule has 0 aliphatic carbocycles. The number of nitrogens with one attached hydrogen (secondary N) is 1. The number of aliphatic hydroxyl groups excluding tert-OH is 2. The maximum Gasteiger partial charge on any atom is 0.305 e. The highest BCUT2D eigenvalue weighted by atomic mass is 16.5. The topological polar surface area (TPSA) is 95.9 Å². The Kier molecular flexibility index (Phi) is 63.5. The Labute approximate surface area is 474 Å². The highest BCUT2D eigenvalue weighted by molar-refractivity contribution is 5.76. The van der Waals surface area contributed by atoms with Crippen molar-refractivity contribution in [2.45, 2.75) is 373 Å². The van der Waals surface area contributed by atoms with Crippen LogP contribution in [0.5, 0.6) is 0 Å². The third-order valence-electron chi connectivity index (χ3n) is 15.6. The van der Waals surface area contributed by atoms with Crippen molar-refractivity contribution < 1.29 is 24.5 Å². The van der Waals surface area contributed by atoms with Crippen molar-refractivity contribution in [1.29, 1.82) is 0 Å². The Morgan fingerprint density at radius 3 is 1.05 bits per heavy atom. The average molecular weight is 1070 g/mol. The highest BCUT2D eigenvalue weighted by Crippen LogP contribution is 2.18. The molecule has 0 radical (unpaired) electrons. The largest absolute Gasteiger partial charge is 0.466 e. The minimum Gasteiger partial charge on any atom is -0.466 e. The number of amides is 1. The zero-order valence-electron chi connectivity index (χ0n) is 51.0. The molecule has 0 rings (SSSR count). The Morgan fingerprint density at radius 2 is 0.684 bits per heavy atom. The van der Waals surface area contributed by atoms with Crippen LogP contribution in [0.3, 0.4) is 0 Å². The number of rotatable bonds is 63. The van der Waals surface area contributed by atoms with Crippen molar-refractivity contribution in [3.05, 3.63) is 48.6 Å². The summed E-state index contributed by atoms with van der Waals surface area (Å²) in [6, 6.07) is -0.543. The second-order valence-electron chi connectivity index (χ2n) is 23.1. The number of carbonyl (C=O) groups excluding carboxylic acids is 2. The van der Waals surface area contributed by atoms with Gasteiger partial charge >= 0.3 is 5.97 Å². The van der Waals surface area contributed by atoms with Gasteiger partial charge in [0.05, 0.1) is 25.4 Å². The first-order valence-corrected chi connectivity index (χ1v) is 33.9. The fraction of sp³-hybridized carbons (Fsp3) is 0.857. The first-order valence-electron chi connectivity index (χ1n) is 33.9. The van der Waals surface area contributed by atoms with E-state index in [4.69, 9.17) is 4.74 Å². The number of esters is 1. The minimum absolute atomic E-state index is 0.00344. The summed E-state index contributed by atoms with van der Waals surface area (Å²) in [4.78, 5) is 24.5. The predicted molar refractivity (Wildman–Crippen MR) is 333 cm³/mol. The summed E-state index contributed by atoms with van der Waals surface area (Å²) in [5, 5.41) is 23.4. The van der Waals surface area contributed by atoms with Gasteiger partial charge in [0.25, 0.3) is 0 Å². The Morgan fingerprint density at radius 1 is 0.368 bits per heavy atom. The molecule has 2 atom stereocenters. The van der Waals surface area contributed by atoms with Gasteiger partial charge in [-0.1, -0.05) is 313 Å². The third kappa shape index (κ3) is 61.0. The Hall–Kier alpha value is -2.18. The summed E-state index contributed by atoms with van der Waals surface area (Å²) in [6.07, 6.45) is 84.3. The second kappa shape index (κ2) is 65.3. The van der Waals surface area contributed by atoms with E-state index in [1.807, 2.05) is 0 Å². The molecule has 0 fully saturated rings. The molecule has 0 bridgehead atoms. The Balaban J connectivity index is 3.41. The molecule has 0 saturated carbocycles. The van der Waals surface area contributed by atoms with E-state index in [-0.39, 0.29) is 18.5 Å². The minimum atomic E-state index is -0.666. The van der Waals surface area contributed by atoms with Gasteiger partial charge in [0.1, 0.15) is 0 Å². The fourth-order valence-electron chi connectivity index (χ4n) is 10.4. The normalized spacial score (nSPS) is 12.8. The lowest BCUT2D eigenvalue weighted by Gasteiger charge is -2.22. The van der Waals surface area contributed by atoms with E-state index in [1.54, 1.807) is 0 Å². The molecular formula is C70H131NO5. The molecule has 2 unspecified atom stereocenters. The summed E-state index contributed by atoms with van der Waals surface area (Å²) in [5.74, 6) is -0.0371. The Bertz CT molecular complexity index is 1270. The molecule has 0 saturated heterocycles. The van der Waals surface area contributed by atoms with Gasteiger partial charge in [-0.05, 0) is 83.5 Å². The van der Waals surface area contributed by atoms with Gasteiger partial charge in [0, 0.05) is 12.8 Å². The number of unbranched alkanes of at least 4 members (excludes halogenated alkanes) is 44. The highest BCUT2D eigenvalue weighted by Gasteiger charge is 2.20. The summed E-state index contributed by atoms with van der Waals surface area (Å²) >= 11 is 0. The quantitative estimate of drug-likeness (QED) is 0.0320. The van der Waals surface area contributed by atoms with Gasteiger partial charge in [0.2, 0.25) is 5.91 Å². The van der Waals surface area contributed by atoms with Crippen LogP contribution in [0.1, 0.15) is 361 Å². The van der Waals surface area contributed by atoms with Crippen LogP contribution in [-0.2, 0) is 14.3 Å². The number of ether oxygens (including phenoxy) is 1. The molecule has 6 nitrogen and oxygen atoms in total. The first-order chi connectivity index (χ1) is 37.5. The molecule has 1 amide bonds. The molecule has 0 aromatic heterocycles. The van der Waals surface area contributed by atoms with Gasteiger partial charge in [-0.15, -0.1) is 0 Å². The predicted octanol–water partition coefficient (Wildman–Crippen LogP) is 21.7. The molecule has 0 aliphatic heterocycles. The second-order valence-corrected chi connectivity index (χ2v) is 23.1. The summed E-state index contributed by atoms with van der Waals surface area (Å²) < 4.78 is 5.47. The van der Waals surface area contributed by atoms with Crippen molar-refractivity contribution in [1.82, 2.24) is 5.32 Å². The number of aliphatic hydroxyl groups is 2. The molecule has 6 heteroatoms. The van der Waals surface area contributed by atoms with Crippen LogP contribution in [0.25, 0.3) is 0 Å². The van der Waals surface area contributed by atoms with Gasteiger partial charge in [0.15, 0.2) is 0 Å². The molecule has 446 valence electrons. The molecule has 76 heavy (non-hydrogen) atoms. The smallest absolute Gasteiger partial charge is 0.305 e. The summed E-state index contributed by atoms with van der Waals surface area (Å²) in [7, 11) is 0. The zero-order chi connectivity index (χ0) is 55.0. The van der Waals surface area contributed by atoms with E-state index in [9.17, 15) is 19.8 Å². The molecule has 0 aliphatic rings. The van der Waals surface area contributed by atoms with Crippen molar-refractivity contribution in [2.75, 3.05) is 13.2 Å². The fourth-order valence-corrected chi connectivity index (χ4v) is 10.4. The number of allylic oxidation sites excluding steroid dienone is 8. The van der Waals surface area contributed by atoms with Gasteiger partial charge in [-0.2, -0.15) is 0 Å². The molecular weight excluding hydrogens is 935 g/mol. The van der Waals surface area contributed by atoms with Gasteiger partial charge in [-0.3, -0.25) is 9.59 Å². The average Bonchev–Trinajstić information content (AvgIpc) is 3.42. The first kappa shape index (κ1) is 73.8. The van der Waals surface area contributed by atoms with Crippen LogP contribution in [-0.4, -0.2) is 47.4 Å². The maximum atomic E-state index is 12.5. The number of carbonyl (C=O) groups is 2. The van der Waals surface area contributed by atoms with Crippen LogP contribution in [0.15, 0.2) is 48.6 Å². The molecule has 0 aromatic carbocycles. The standard InChI is InChI=1S/C70H131NO5/c1-3-5-7-9-11-13-15-17-18-32-35-39-42-46-50-54-58-62-68(73)67(66-72)71-69(74)63-59-55-51-47-43-40-36-33-30-28-26-24-22-20-19-21-23-25-27-29-31-34-37-41-45-49-53-57-61-65-76-70(75)64-60-56-52-48-44-38-16-14-12-10-8-6-4-2/h8,10,14,16,19,21,25,27,67-68,72-73H,3-7,9,11-13,15,17-18,20,22-24,26,28-66H2,1-2H3,(H,71,74)/b10-8-,16-14-,21-19-,27-25-. The molecule has 0 spiro atoms. The van der Waals surface area contributed by atoms with E-state index in [1.165, 1.54) is 270 Å². The summed E-state index contributed by atoms with van der Waals surface area (Å²) in [5.41, 5.74) is 0. The van der Waals surface area contributed by atoms with Gasteiger partial charge in [-0.25, -0.2) is 0 Å².